The van der Waals surface area contributed by atoms with Crippen LogP contribution in [0.2, 0.25) is 0 Å². The van der Waals surface area contributed by atoms with Crippen molar-refractivity contribution in [1.29, 1.82) is 0 Å². The first kappa shape index (κ1) is 20.9. The van der Waals surface area contributed by atoms with Crippen LogP contribution in [0.5, 0.6) is 0 Å². The first-order valence-electron chi connectivity index (χ1n) is 9.84. The SMILES string of the molecule is [Pt+2].[c-]1ccc2ccccc2c1C=Nc1ccccc1N=Cc1[c-]ccc2ccccc12. The third-order valence-corrected chi connectivity index (χ3v) is 5.05. The quantitative estimate of drug-likeness (QED) is 0.161. The molecule has 5 rings (SSSR count). The van der Waals surface area contributed by atoms with Crippen LogP contribution >= 0.6 is 0 Å². The minimum atomic E-state index is 0. The number of benzene rings is 5. The largest absolute Gasteiger partial charge is 2.00 e. The molecule has 0 saturated heterocycles. The standard InChI is InChI=1S/C28H18N2.Pt/c1-3-15-25-21(9-1)11-7-13-23(25)19-29-27-17-5-6-18-28(27)30-20-24-14-8-12-22-10-2-4-16-26(22)24;/h1-12,15-20H;/q-2;+2. The molecule has 0 aliphatic heterocycles. The van der Waals surface area contributed by atoms with Gasteiger partial charge in [-0.3, -0.25) is 0 Å². The minimum absolute atomic E-state index is 0. The van der Waals surface area contributed by atoms with Crippen LogP contribution in [-0.4, -0.2) is 12.4 Å². The van der Waals surface area contributed by atoms with Gasteiger partial charge in [-0.2, -0.15) is 0 Å². The third-order valence-electron chi connectivity index (χ3n) is 5.05. The molecular formula is C28H18N2Pt. The van der Waals surface area contributed by atoms with Crippen LogP contribution in [0.15, 0.2) is 107 Å². The van der Waals surface area contributed by atoms with E-state index in [1.807, 2.05) is 73.1 Å². The molecule has 150 valence electrons. The van der Waals surface area contributed by atoms with Gasteiger partial charge >= 0.3 is 21.1 Å². The maximum Gasteiger partial charge on any atom is 2.00 e. The summed E-state index contributed by atoms with van der Waals surface area (Å²) in [7, 11) is 0. The predicted molar refractivity (Wildman–Crippen MR) is 127 cm³/mol. The molecule has 0 atom stereocenters. The third kappa shape index (κ3) is 4.55. The number of para-hydroxylation sites is 2. The van der Waals surface area contributed by atoms with Gasteiger partial charge in [-0.25, -0.2) is 0 Å². The van der Waals surface area contributed by atoms with Crippen LogP contribution in [0.25, 0.3) is 21.5 Å². The van der Waals surface area contributed by atoms with E-state index in [4.69, 9.17) is 9.98 Å². The van der Waals surface area contributed by atoms with E-state index in [1.54, 1.807) is 0 Å². The van der Waals surface area contributed by atoms with Gasteiger partial charge in [0.25, 0.3) is 0 Å². The number of fused-ring (bicyclic) bond motifs is 2. The fourth-order valence-corrected chi connectivity index (χ4v) is 3.54. The fraction of sp³-hybridized carbons (Fsp3) is 0. The summed E-state index contributed by atoms with van der Waals surface area (Å²) in [4.78, 5) is 9.44. The molecule has 0 aliphatic rings. The van der Waals surface area contributed by atoms with Crippen molar-refractivity contribution in [2.24, 2.45) is 9.98 Å². The molecule has 0 aliphatic carbocycles. The second-order valence-corrected chi connectivity index (χ2v) is 6.96. The van der Waals surface area contributed by atoms with Crippen molar-refractivity contribution in [3.63, 3.8) is 0 Å². The van der Waals surface area contributed by atoms with Gasteiger partial charge in [-0.15, -0.1) is 69.1 Å². The summed E-state index contributed by atoms with van der Waals surface area (Å²) in [5.41, 5.74) is 3.56. The molecule has 0 saturated carbocycles. The zero-order chi connectivity index (χ0) is 20.2. The Hall–Kier alpha value is -3.35. The Kier molecular flexibility index (Phi) is 6.50. The van der Waals surface area contributed by atoms with Crippen molar-refractivity contribution in [3.05, 3.63) is 120 Å². The molecule has 0 bridgehead atoms. The summed E-state index contributed by atoms with van der Waals surface area (Å²) in [6, 6.07) is 39.0. The van der Waals surface area contributed by atoms with Gasteiger partial charge in [0.2, 0.25) is 0 Å². The summed E-state index contributed by atoms with van der Waals surface area (Å²) in [5, 5.41) is 4.62. The molecule has 31 heavy (non-hydrogen) atoms. The first-order chi connectivity index (χ1) is 14.9. The molecule has 3 heteroatoms. The zero-order valence-corrected chi connectivity index (χ0v) is 18.9. The molecule has 5 aromatic rings. The molecule has 5 aromatic carbocycles. The topological polar surface area (TPSA) is 24.7 Å². The summed E-state index contributed by atoms with van der Waals surface area (Å²) in [5.74, 6) is 0. The summed E-state index contributed by atoms with van der Waals surface area (Å²) in [6.07, 6.45) is 3.72. The van der Waals surface area contributed by atoms with Crippen molar-refractivity contribution in [1.82, 2.24) is 0 Å². The summed E-state index contributed by atoms with van der Waals surface area (Å²) < 4.78 is 0. The predicted octanol–water partition coefficient (Wildman–Crippen LogP) is 7.09. The van der Waals surface area contributed by atoms with Crippen molar-refractivity contribution in [2.75, 3.05) is 0 Å². The Morgan fingerprint density at radius 1 is 0.516 bits per heavy atom. The van der Waals surface area contributed by atoms with Gasteiger partial charge in [0.15, 0.2) is 0 Å². The minimum Gasteiger partial charge on any atom is -0.302 e. The number of hydrogen-bond acceptors (Lipinski definition) is 2. The van der Waals surface area contributed by atoms with E-state index in [-0.39, 0.29) is 21.1 Å². The van der Waals surface area contributed by atoms with Crippen molar-refractivity contribution >= 4 is 45.3 Å². The molecule has 0 unspecified atom stereocenters. The Labute approximate surface area is 196 Å². The second kappa shape index (κ2) is 9.64. The zero-order valence-electron chi connectivity index (χ0n) is 16.6. The first-order valence-corrected chi connectivity index (χ1v) is 9.84. The molecule has 0 fully saturated rings. The average Bonchev–Trinajstić information content (AvgIpc) is 2.82. The molecule has 0 N–H and O–H groups in total. The molecule has 0 aromatic heterocycles. The molecular weight excluding hydrogens is 559 g/mol. The van der Waals surface area contributed by atoms with Gasteiger partial charge in [0.1, 0.15) is 0 Å². The van der Waals surface area contributed by atoms with E-state index in [0.717, 1.165) is 33.3 Å². The molecule has 0 amide bonds. The Balaban J connectivity index is 0.00000231. The van der Waals surface area contributed by atoms with Crippen LogP contribution in [0.1, 0.15) is 11.1 Å². The van der Waals surface area contributed by atoms with E-state index in [2.05, 4.69) is 48.5 Å². The smallest absolute Gasteiger partial charge is 0.302 e. The average molecular weight is 578 g/mol. The van der Waals surface area contributed by atoms with E-state index in [1.165, 1.54) is 10.8 Å². The van der Waals surface area contributed by atoms with Crippen LogP contribution in [0.4, 0.5) is 11.4 Å². The monoisotopic (exact) mass is 577 g/mol. The van der Waals surface area contributed by atoms with Crippen LogP contribution < -0.4 is 0 Å². The van der Waals surface area contributed by atoms with E-state index in [9.17, 15) is 0 Å². The number of rotatable bonds is 4. The van der Waals surface area contributed by atoms with Crippen molar-refractivity contribution in [2.45, 2.75) is 0 Å². The van der Waals surface area contributed by atoms with Crippen molar-refractivity contribution < 1.29 is 21.1 Å². The van der Waals surface area contributed by atoms with E-state index < -0.39 is 0 Å². The maximum absolute atomic E-state index is 4.72. The number of hydrogen-bond donors (Lipinski definition) is 0. The van der Waals surface area contributed by atoms with Crippen LogP contribution in [0, 0.1) is 12.1 Å². The normalized spacial score (nSPS) is 11.4. The molecule has 0 spiro atoms. The van der Waals surface area contributed by atoms with Gasteiger partial charge < -0.3 is 9.98 Å². The van der Waals surface area contributed by atoms with E-state index >= 15 is 0 Å². The van der Waals surface area contributed by atoms with Gasteiger partial charge in [-0.05, 0) is 24.6 Å². The Bertz CT molecular complexity index is 1280. The summed E-state index contributed by atoms with van der Waals surface area (Å²) in [6.45, 7) is 0. The molecule has 0 heterocycles. The number of nitrogens with zero attached hydrogens (tertiary/aromatic N) is 2. The summed E-state index contributed by atoms with van der Waals surface area (Å²) >= 11 is 0. The van der Waals surface area contributed by atoms with Crippen LogP contribution in [0.3, 0.4) is 0 Å². The fourth-order valence-electron chi connectivity index (χ4n) is 3.54. The van der Waals surface area contributed by atoms with E-state index in [0.29, 0.717) is 0 Å². The van der Waals surface area contributed by atoms with Gasteiger partial charge in [0.05, 0.1) is 11.4 Å². The molecule has 2 nitrogen and oxygen atoms in total. The van der Waals surface area contributed by atoms with Gasteiger partial charge in [0, 0.05) is 0 Å². The van der Waals surface area contributed by atoms with Gasteiger partial charge in [-0.1, -0.05) is 60.7 Å². The second-order valence-electron chi connectivity index (χ2n) is 6.96. The van der Waals surface area contributed by atoms with Crippen LogP contribution in [-0.2, 0) is 21.1 Å². The molecule has 0 radical (unpaired) electrons. The number of aliphatic imine (C=N–C) groups is 2. The Morgan fingerprint density at radius 2 is 0.935 bits per heavy atom. The van der Waals surface area contributed by atoms with Crippen molar-refractivity contribution in [3.8, 4) is 0 Å². The Morgan fingerprint density at radius 3 is 1.42 bits per heavy atom. The maximum atomic E-state index is 4.72.